The van der Waals surface area contributed by atoms with Crippen LogP contribution < -0.4 is 5.32 Å². The predicted octanol–water partition coefficient (Wildman–Crippen LogP) is 1.35. The zero-order valence-corrected chi connectivity index (χ0v) is 15.0. The second-order valence-electron chi connectivity index (χ2n) is 6.11. The number of hydrogen-bond donors (Lipinski definition) is 1. The molecule has 0 radical (unpaired) electrons. The molecule has 8 heteroatoms. The highest BCUT2D eigenvalue weighted by Gasteiger charge is 2.33. The van der Waals surface area contributed by atoms with Crippen LogP contribution in [0.1, 0.15) is 30.1 Å². The number of anilines is 1. The van der Waals surface area contributed by atoms with Gasteiger partial charge in [0.25, 0.3) is 10.2 Å². The molecule has 1 atom stereocenters. The van der Waals surface area contributed by atoms with Crippen LogP contribution in [0.15, 0.2) is 24.3 Å². The van der Waals surface area contributed by atoms with Crippen LogP contribution in [0, 0.1) is 5.92 Å². The molecule has 1 N–H and O–H groups in total. The van der Waals surface area contributed by atoms with Crippen molar-refractivity contribution in [2.75, 3.05) is 32.5 Å². The van der Waals surface area contributed by atoms with Crippen LogP contribution in [0.2, 0.25) is 0 Å². The van der Waals surface area contributed by atoms with Crippen molar-refractivity contribution >= 4 is 27.6 Å². The highest BCUT2D eigenvalue weighted by molar-refractivity contribution is 7.86. The Hall–Kier alpha value is -1.77. The number of carbonyl (C=O) groups excluding carboxylic acids is 2. The zero-order valence-electron chi connectivity index (χ0n) is 14.2. The van der Waals surface area contributed by atoms with E-state index >= 15 is 0 Å². The molecule has 1 heterocycles. The molecule has 2 rings (SSSR count). The molecule has 1 aromatic carbocycles. The number of ketones is 1. The van der Waals surface area contributed by atoms with Gasteiger partial charge in [-0.2, -0.15) is 17.0 Å². The third-order valence-electron chi connectivity index (χ3n) is 4.08. The van der Waals surface area contributed by atoms with Crippen molar-refractivity contribution in [2.24, 2.45) is 5.92 Å². The van der Waals surface area contributed by atoms with Crippen molar-refractivity contribution < 1.29 is 18.0 Å². The average Bonchev–Trinajstić information content (AvgIpc) is 2.55. The monoisotopic (exact) mass is 353 g/mol. The summed E-state index contributed by atoms with van der Waals surface area (Å²) in [5, 5.41) is 2.78. The summed E-state index contributed by atoms with van der Waals surface area (Å²) >= 11 is 0. The van der Waals surface area contributed by atoms with Crippen molar-refractivity contribution in [3.05, 3.63) is 29.8 Å². The van der Waals surface area contributed by atoms with Crippen molar-refractivity contribution in [2.45, 2.75) is 19.8 Å². The predicted molar refractivity (Wildman–Crippen MR) is 92.0 cm³/mol. The van der Waals surface area contributed by atoms with Gasteiger partial charge in [0.1, 0.15) is 0 Å². The second kappa shape index (κ2) is 7.42. The number of carbonyl (C=O) groups is 2. The van der Waals surface area contributed by atoms with Crippen molar-refractivity contribution in [3.63, 3.8) is 0 Å². The number of benzene rings is 1. The Kier molecular flexibility index (Phi) is 5.74. The van der Waals surface area contributed by atoms with E-state index in [4.69, 9.17) is 0 Å². The van der Waals surface area contributed by atoms with Gasteiger partial charge in [-0.05, 0) is 31.9 Å². The number of rotatable bonds is 5. The first kappa shape index (κ1) is 18.6. The van der Waals surface area contributed by atoms with Gasteiger partial charge >= 0.3 is 0 Å². The Morgan fingerprint density at radius 2 is 2.00 bits per heavy atom. The number of Topliss-reactive ketones (excluding diaryl/α,β-unsaturated/α-hetero) is 1. The summed E-state index contributed by atoms with van der Waals surface area (Å²) in [6.07, 6.45) is 1.27. The maximum absolute atomic E-state index is 12.5. The minimum atomic E-state index is -3.52. The van der Waals surface area contributed by atoms with Gasteiger partial charge in [-0.1, -0.05) is 12.1 Å². The molecular weight excluding hydrogens is 330 g/mol. The maximum atomic E-state index is 12.5. The van der Waals surface area contributed by atoms with E-state index in [0.717, 1.165) is 4.31 Å². The molecule has 0 unspecified atom stereocenters. The largest absolute Gasteiger partial charge is 0.326 e. The summed E-state index contributed by atoms with van der Waals surface area (Å²) in [5.74, 6) is -0.712. The minimum absolute atomic E-state index is 0.0768. The quantitative estimate of drug-likeness (QED) is 0.810. The molecule has 1 saturated heterocycles. The van der Waals surface area contributed by atoms with E-state index in [9.17, 15) is 18.0 Å². The topological polar surface area (TPSA) is 86.8 Å². The van der Waals surface area contributed by atoms with E-state index in [-0.39, 0.29) is 18.2 Å². The maximum Gasteiger partial charge on any atom is 0.281 e. The van der Waals surface area contributed by atoms with Gasteiger partial charge in [0.2, 0.25) is 5.91 Å². The Balaban J connectivity index is 2.07. The Morgan fingerprint density at radius 3 is 2.62 bits per heavy atom. The molecule has 0 bridgehead atoms. The van der Waals surface area contributed by atoms with Crippen LogP contribution in [0.4, 0.5) is 5.69 Å². The summed E-state index contributed by atoms with van der Waals surface area (Å²) in [6.45, 7) is 2.05. The van der Waals surface area contributed by atoms with Crippen LogP contribution in [0.5, 0.6) is 0 Å². The third-order valence-corrected chi connectivity index (χ3v) is 5.99. The molecule has 1 amide bonds. The molecule has 0 spiro atoms. The van der Waals surface area contributed by atoms with Gasteiger partial charge in [0.15, 0.2) is 5.78 Å². The van der Waals surface area contributed by atoms with E-state index < -0.39 is 16.1 Å². The fraction of sp³-hybridized carbons (Fsp3) is 0.500. The molecule has 1 aromatic rings. The highest BCUT2D eigenvalue weighted by atomic mass is 32.2. The van der Waals surface area contributed by atoms with Crippen molar-refractivity contribution in [3.8, 4) is 0 Å². The molecule has 1 aliphatic rings. The number of nitrogens with zero attached hydrogens (tertiary/aromatic N) is 2. The first-order chi connectivity index (χ1) is 11.2. The molecule has 0 aromatic heterocycles. The summed E-state index contributed by atoms with van der Waals surface area (Å²) in [5.41, 5.74) is 1.06. The van der Waals surface area contributed by atoms with Gasteiger partial charge in [0.05, 0.1) is 5.92 Å². The van der Waals surface area contributed by atoms with Gasteiger partial charge < -0.3 is 5.32 Å². The third kappa shape index (κ3) is 4.19. The zero-order chi connectivity index (χ0) is 17.9. The molecule has 24 heavy (non-hydrogen) atoms. The lowest BCUT2D eigenvalue weighted by molar-refractivity contribution is -0.120. The molecule has 1 fully saturated rings. The summed E-state index contributed by atoms with van der Waals surface area (Å²) < 4.78 is 26.9. The van der Waals surface area contributed by atoms with Gasteiger partial charge in [-0.3, -0.25) is 9.59 Å². The molecule has 0 aliphatic carbocycles. The smallest absolute Gasteiger partial charge is 0.281 e. The number of amides is 1. The summed E-state index contributed by atoms with van der Waals surface area (Å²) in [7, 11) is -0.558. The van der Waals surface area contributed by atoms with Crippen LogP contribution in [0.25, 0.3) is 0 Å². The van der Waals surface area contributed by atoms with Crippen molar-refractivity contribution in [1.82, 2.24) is 8.61 Å². The molecule has 7 nitrogen and oxygen atoms in total. The second-order valence-corrected chi connectivity index (χ2v) is 8.26. The minimum Gasteiger partial charge on any atom is -0.326 e. The lowest BCUT2D eigenvalue weighted by Crippen LogP contribution is -2.47. The lowest BCUT2D eigenvalue weighted by Gasteiger charge is -2.32. The van der Waals surface area contributed by atoms with E-state index in [1.54, 1.807) is 24.3 Å². The van der Waals surface area contributed by atoms with Gasteiger partial charge in [-0.15, -0.1) is 0 Å². The Morgan fingerprint density at radius 1 is 1.29 bits per heavy atom. The summed E-state index contributed by atoms with van der Waals surface area (Å²) in [6, 6.07) is 6.72. The van der Waals surface area contributed by atoms with Crippen LogP contribution in [-0.2, 0) is 15.0 Å². The Bertz CT molecular complexity index is 731. The summed E-state index contributed by atoms with van der Waals surface area (Å²) in [4.78, 5) is 23.9. The average molecular weight is 353 g/mol. The number of piperidine rings is 1. The van der Waals surface area contributed by atoms with E-state index in [2.05, 4.69) is 5.32 Å². The van der Waals surface area contributed by atoms with E-state index in [0.29, 0.717) is 30.6 Å². The first-order valence-corrected chi connectivity index (χ1v) is 9.21. The van der Waals surface area contributed by atoms with E-state index in [1.807, 2.05) is 0 Å². The standard InChI is InChI=1S/C16H23N3O4S/c1-12(20)13-6-4-8-15(10-13)17-16(21)14-7-5-9-19(11-14)24(22,23)18(2)3/h4,6,8,10,14H,5,7,9,11H2,1-3H3,(H,17,21)/t14-/m1/s1. The molecule has 132 valence electrons. The lowest BCUT2D eigenvalue weighted by atomic mass is 9.98. The molecule has 0 saturated carbocycles. The van der Waals surface area contributed by atoms with Crippen LogP contribution >= 0.6 is 0 Å². The SMILES string of the molecule is CC(=O)c1cccc(NC(=O)[C@@H]2CCCN(S(=O)(=O)N(C)C)C2)c1. The molecule has 1 aliphatic heterocycles. The number of hydrogen-bond acceptors (Lipinski definition) is 4. The van der Waals surface area contributed by atoms with Crippen LogP contribution in [-0.4, -0.2) is 55.9 Å². The Labute approximate surface area is 142 Å². The number of nitrogens with one attached hydrogen (secondary N) is 1. The van der Waals surface area contributed by atoms with Crippen LogP contribution in [0.3, 0.4) is 0 Å². The fourth-order valence-corrected chi connectivity index (χ4v) is 3.85. The highest BCUT2D eigenvalue weighted by Crippen LogP contribution is 2.22. The van der Waals surface area contributed by atoms with Crippen molar-refractivity contribution in [1.29, 1.82) is 0 Å². The van der Waals surface area contributed by atoms with Gasteiger partial charge in [0, 0.05) is 38.4 Å². The van der Waals surface area contributed by atoms with Gasteiger partial charge in [-0.25, -0.2) is 0 Å². The first-order valence-electron chi connectivity index (χ1n) is 7.81. The fourth-order valence-electron chi connectivity index (χ4n) is 2.66. The van der Waals surface area contributed by atoms with E-state index in [1.165, 1.54) is 25.3 Å². The normalized spacial score (nSPS) is 19.2. The molecular formula is C16H23N3O4S.